The summed E-state index contributed by atoms with van der Waals surface area (Å²) < 4.78 is 10.4. The molecule has 0 aliphatic heterocycles. The maximum absolute atomic E-state index is 11.3. The van der Waals surface area contributed by atoms with Gasteiger partial charge in [-0.3, -0.25) is 0 Å². The van der Waals surface area contributed by atoms with E-state index in [0.29, 0.717) is 6.42 Å². The monoisotopic (exact) mass is 231 g/mol. The Hall–Kier alpha value is -0.353. The van der Waals surface area contributed by atoms with E-state index in [4.69, 9.17) is 4.43 Å². The number of rotatable bonds is 5. The fourth-order valence-corrected chi connectivity index (χ4v) is 3.79. The van der Waals surface area contributed by atoms with Crippen LogP contribution in [0.25, 0.3) is 0 Å². The van der Waals surface area contributed by atoms with Crippen molar-refractivity contribution in [1.82, 2.24) is 0 Å². The van der Waals surface area contributed by atoms with Crippen molar-refractivity contribution in [2.45, 2.75) is 52.8 Å². The van der Waals surface area contributed by atoms with Crippen LogP contribution >= 0.6 is 0 Å². The molecule has 89 valence electrons. The number of methoxy groups -OCH3 is 1. The van der Waals surface area contributed by atoms with Crippen LogP contribution in [0.2, 0.25) is 12.6 Å². The molecule has 0 fully saturated rings. The summed E-state index contributed by atoms with van der Waals surface area (Å²) in [6, 6.07) is 1.03. The zero-order chi connectivity index (χ0) is 12.1. The minimum atomic E-state index is -0.913. The lowest BCUT2D eigenvalue weighted by Gasteiger charge is -2.24. The summed E-state index contributed by atoms with van der Waals surface area (Å²) in [4.78, 5) is 11.3. The van der Waals surface area contributed by atoms with Crippen LogP contribution < -0.4 is 0 Å². The molecule has 3 nitrogen and oxygen atoms in total. The number of hydrogen-bond donors (Lipinski definition) is 0. The molecule has 0 aromatic heterocycles. The number of carbonyl (C=O) groups excluding carboxylic acids is 1. The summed E-state index contributed by atoms with van der Waals surface area (Å²) in [5.41, 5.74) is 0.261. The van der Waals surface area contributed by atoms with Crippen molar-refractivity contribution in [2.24, 2.45) is 5.41 Å². The molecule has 0 spiro atoms. The van der Waals surface area contributed by atoms with Crippen molar-refractivity contribution < 1.29 is 14.0 Å². The smallest absolute Gasteiger partial charge is 0.333 e. The molecule has 0 N–H and O–H groups in total. The number of ether oxygens (including phenoxy) is 1. The molecule has 1 atom stereocenters. The van der Waals surface area contributed by atoms with Crippen LogP contribution in [0.5, 0.6) is 0 Å². The van der Waals surface area contributed by atoms with Gasteiger partial charge in [-0.05, 0) is 24.4 Å². The SMILES string of the molecule is CC[C@H](O[Si](C)CC(C)(C)C)C(=O)OC. The Morgan fingerprint density at radius 1 is 1.40 bits per heavy atom. The standard InChI is InChI=1S/C11H23O3Si/c1-7-9(10(12)13-5)14-15(6)8-11(2,3)4/h9H,7-8H2,1-6H3/t9-/m0/s1. The molecule has 0 aliphatic carbocycles. The maximum Gasteiger partial charge on any atom is 0.333 e. The van der Waals surface area contributed by atoms with Crippen LogP contribution in [0.1, 0.15) is 34.1 Å². The van der Waals surface area contributed by atoms with Crippen molar-refractivity contribution in [1.29, 1.82) is 0 Å². The highest BCUT2D eigenvalue weighted by molar-refractivity contribution is 6.50. The van der Waals surface area contributed by atoms with Crippen molar-refractivity contribution in [3.8, 4) is 0 Å². The Labute approximate surface area is 94.9 Å². The average molecular weight is 231 g/mol. The van der Waals surface area contributed by atoms with Gasteiger partial charge in [0.05, 0.1) is 7.11 Å². The first-order valence-electron chi connectivity index (χ1n) is 5.37. The van der Waals surface area contributed by atoms with Crippen molar-refractivity contribution >= 4 is 15.0 Å². The molecule has 0 saturated heterocycles. The summed E-state index contributed by atoms with van der Waals surface area (Å²) in [5.74, 6) is -0.254. The third-order valence-electron chi connectivity index (χ3n) is 1.96. The van der Waals surface area contributed by atoms with Gasteiger partial charge < -0.3 is 9.16 Å². The van der Waals surface area contributed by atoms with Gasteiger partial charge in [0.15, 0.2) is 0 Å². The number of esters is 1. The molecular weight excluding hydrogens is 208 g/mol. The molecule has 0 heterocycles. The second-order valence-electron chi connectivity index (χ2n) is 4.98. The molecule has 1 radical (unpaired) electrons. The van der Waals surface area contributed by atoms with Crippen LogP contribution in [0.3, 0.4) is 0 Å². The Morgan fingerprint density at radius 2 is 1.93 bits per heavy atom. The van der Waals surface area contributed by atoms with Gasteiger partial charge in [-0.15, -0.1) is 0 Å². The quantitative estimate of drug-likeness (QED) is 0.539. The molecule has 0 unspecified atom stereocenters. The summed E-state index contributed by atoms with van der Waals surface area (Å²) in [7, 11) is 0.490. The van der Waals surface area contributed by atoms with Crippen LogP contribution in [0.4, 0.5) is 0 Å². The molecule has 0 bridgehead atoms. The van der Waals surface area contributed by atoms with Gasteiger partial charge >= 0.3 is 5.97 Å². The van der Waals surface area contributed by atoms with Crippen LogP contribution in [-0.4, -0.2) is 28.2 Å². The molecule has 0 aromatic carbocycles. The molecule has 0 rings (SSSR count). The Bertz CT molecular complexity index is 198. The highest BCUT2D eigenvalue weighted by Gasteiger charge is 2.24. The second-order valence-corrected chi connectivity index (χ2v) is 6.97. The number of carbonyl (C=O) groups is 1. The van der Waals surface area contributed by atoms with E-state index in [0.717, 1.165) is 6.04 Å². The van der Waals surface area contributed by atoms with Gasteiger partial charge in [-0.25, -0.2) is 4.79 Å². The molecular formula is C11H23O3Si. The lowest BCUT2D eigenvalue weighted by atomic mass is 10.0. The predicted octanol–water partition coefficient (Wildman–Crippen LogP) is 2.62. The lowest BCUT2D eigenvalue weighted by Crippen LogP contribution is -2.32. The Morgan fingerprint density at radius 3 is 2.27 bits per heavy atom. The van der Waals surface area contributed by atoms with E-state index in [1.54, 1.807) is 0 Å². The minimum Gasteiger partial charge on any atom is -0.467 e. The third-order valence-corrected chi connectivity index (χ3v) is 4.20. The molecule has 0 aromatic rings. The van der Waals surface area contributed by atoms with Crippen molar-refractivity contribution in [3.63, 3.8) is 0 Å². The van der Waals surface area contributed by atoms with Gasteiger partial charge in [-0.1, -0.05) is 27.7 Å². The third kappa shape index (κ3) is 6.68. The second kappa shape index (κ2) is 6.28. The Kier molecular flexibility index (Phi) is 6.13. The lowest BCUT2D eigenvalue weighted by molar-refractivity contribution is -0.149. The molecule has 0 aliphatic rings. The van der Waals surface area contributed by atoms with Crippen LogP contribution in [-0.2, 0) is 14.0 Å². The van der Waals surface area contributed by atoms with Gasteiger partial charge in [-0.2, -0.15) is 0 Å². The largest absolute Gasteiger partial charge is 0.467 e. The molecule has 15 heavy (non-hydrogen) atoms. The van der Waals surface area contributed by atoms with Crippen LogP contribution in [0.15, 0.2) is 0 Å². The average Bonchev–Trinajstić information content (AvgIpc) is 2.10. The van der Waals surface area contributed by atoms with E-state index < -0.39 is 9.04 Å². The van der Waals surface area contributed by atoms with E-state index >= 15 is 0 Å². The van der Waals surface area contributed by atoms with Gasteiger partial charge in [0, 0.05) is 0 Å². The highest BCUT2D eigenvalue weighted by Crippen LogP contribution is 2.22. The number of hydrogen-bond acceptors (Lipinski definition) is 3. The van der Waals surface area contributed by atoms with E-state index in [-0.39, 0.29) is 17.5 Å². The van der Waals surface area contributed by atoms with Crippen molar-refractivity contribution in [3.05, 3.63) is 0 Å². The first-order chi connectivity index (χ1) is 6.80. The van der Waals surface area contributed by atoms with Crippen LogP contribution in [0, 0.1) is 5.41 Å². The minimum absolute atomic E-state index is 0.254. The van der Waals surface area contributed by atoms with E-state index in [9.17, 15) is 4.79 Å². The summed E-state index contributed by atoms with van der Waals surface area (Å²) in [6.07, 6.45) is 0.301. The molecule has 0 saturated carbocycles. The Balaban J connectivity index is 4.13. The van der Waals surface area contributed by atoms with Crippen molar-refractivity contribution in [2.75, 3.05) is 7.11 Å². The predicted molar refractivity (Wildman–Crippen MR) is 63.1 cm³/mol. The first kappa shape index (κ1) is 14.6. The van der Waals surface area contributed by atoms with Gasteiger partial charge in [0.25, 0.3) is 0 Å². The summed E-state index contributed by atoms with van der Waals surface area (Å²) in [6.45, 7) is 10.6. The van der Waals surface area contributed by atoms with E-state index in [1.165, 1.54) is 7.11 Å². The zero-order valence-electron chi connectivity index (χ0n) is 10.7. The fourth-order valence-electron chi connectivity index (χ4n) is 1.46. The maximum atomic E-state index is 11.3. The highest BCUT2D eigenvalue weighted by atomic mass is 28.3. The zero-order valence-corrected chi connectivity index (χ0v) is 11.7. The topological polar surface area (TPSA) is 35.5 Å². The first-order valence-corrected chi connectivity index (χ1v) is 7.48. The summed E-state index contributed by atoms with van der Waals surface area (Å²) in [5, 5.41) is 0. The van der Waals surface area contributed by atoms with Gasteiger partial charge in [0.1, 0.15) is 6.10 Å². The fraction of sp³-hybridized carbons (Fsp3) is 0.909. The molecule has 4 heteroatoms. The normalized spacial score (nSPS) is 14.1. The summed E-state index contributed by atoms with van der Waals surface area (Å²) >= 11 is 0. The van der Waals surface area contributed by atoms with E-state index in [2.05, 4.69) is 32.1 Å². The van der Waals surface area contributed by atoms with E-state index in [1.807, 2.05) is 6.92 Å². The van der Waals surface area contributed by atoms with Gasteiger partial charge in [0.2, 0.25) is 9.04 Å². The molecule has 0 amide bonds.